The van der Waals surface area contributed by atoms with Crippen molar-refractivity contribution in [3.8, 4) is 0 Å². The van der Waals surface area contributed by atoms with Gasteiger partial charge in [-0.2, -0.15) is 0 Å². The van der Waals surface area contributed by atoms with Gasteiger partial charge in [0.25, 0.3) is 0 Å². The summed E-state index contributed by atoms with van der Waals surface area (Å²) in [7, 11) is 0. The Hall–Kier alpha value is -1.12. The topological polar surface area (TPSA) is 12.0 Å². The van der Waals surface area contributed by atoms with Gasteiger partial charge >= 0.3 is 0 Å². The molecule has 0 fully saturated rings. The summed E-state index contributed by atoms with van der Waals surface area (Å²) in [4.78, 5) is 1.41. The Labute approximate surface area is 119 Å². The number of rotatable bonds is 4. The van der Waals surface area contributed by atoms with Crippen LogP contribution in [0.1, 0.15) is 47.4 Å². The summed E-state index contributed by atoms with van der Waals surface area (Å²) < 4.78 is 0. The lowest BCUT2D eigenvalue weighted by Gasteiger charge is -2.21. The first-order valence-electron chi connectivity index (χ1n) is 7.27. The largest absolute Gasteiger partial charge is 0.306 e. The zero-order valence-corrected chi connectivity index (χ0v) is 12.3. The normalized spacial score (nSPS) is 16.1. The molecule has 1 aromatic carbocycles. The van der Waals surface area contributed by atoms with E-state index in [1.165, 1.54) is 36.1 Å². The molecular weight excluding hydrogens is 250 g/mol. The van der Waals surface area contributed by atoms with E-state index in [4.69, 9.17) is 0 Å². The minimum Gasteiger partial charge on any atom is -0.306 e. The first-order chi connectivity index (χ1) is 9.38. The van der Waals surface area contributed by atoms with Gasteiger partial charge in [-0.05, 0) is 60.4 Å². The molecule has 1 N–H and O–H groups in total. The van der Waals surface area contributed by atoms with Crippen molar-refractivity contribution in [2.45, 2.75) is 38.6 Å². The maximum Gasteiger partial charge on any atom is 0.0671 e. The van der Waals surface area contributed by atoms with Crippen LogP contribution in [-0.4, -0.2) is 6.54 Å². The number of thiophene rings is 1. The summed E-state index contributed by atoms with van der Waals surface area (Å²) in [6.45, 7) is 3.18. The Morgan fingerprint density at radius 3 is 2.74 bits per heavy atom. The SMILES string of the molecule is CCNC(c1ccc2c(c1)CCCC2)c1cccs1. The fraction of sp³-hybridized carbons (Fsp3) is 0.412. The quantitative estimate of drug-likeness (QED) is 0.873. The molecule has 1 heterocycles. The Morgan fingerprint density at radius 2 is 2.00 bits per heavy atom. The van der Waals surface area contributed by atoms with E-state index in [1.807, 2.05) is 11.3 Å². The molecular formula is C17H21NS. The molecule has 1 aliphatic rings. The molecule has 1 aliphatic carbocycles. The molecule has 1 unspecified atom stereocenters. The summed E-state index contributed by atoms with van der Waals surface area (Å²) >= 11 is 1.84. The average molecular weight is 271 g/mol. The number of hydrogen-bond donors (Lipinski definition) is 1. The average Bonchev–Trinajstić information content (AvgIpc) is 2.98. The van der Waals surface area contributed by atoms with Crippen LogP contribution in [0.15, 0.2) is 35.7 Å². The van der Waals surface area contributed by atoms with E-state index in [1.54, 1.807) is 11.1 Å². The Morgan fingerprint density at radius 1 is 1.16 bits per heavy atom. The second-order valence-electron chi connectivity index (χ2n) is 5.24. The lowest BCUT2D eigenvalue weighted by molar-refractivity contribution is 0.633. The van der Waals surface area contributed by atoms with E-state index < -0.39 is 0 Å². The third-order valence-electron chi connectivity index (χ3n) is 3.94. The highest BCUT2D eigenvalue weighted by atomic mass is 32.1. The minimum atomic E-state index is 0.359. The molecule has 1 atom stereocenters. The van der Waals surface area contributed by atoms with Crippen LogP contribution in [0.4, 0.5) is 0 Å². The highest BCUT2D eigenvalue weighted by Crippen LogP contribution is 2.29. The highest BCUT2D eigenvalue weighted by Gasteiger charge is 2.16. The van der Waals surface area contributed by atoms with Crippen LogP contribution < -0.4 is 5.32 Å². The Kier molecular flexibility index (Phi) is 4.00. The lowest BCUT2D eigenvalue weighted by atomic mass is 9.89. The smallest absolute Gasteiger partial charge is 0.0671 e. The van der Waals surface area contributed by atoms with E-state index in [2.05, 4.69) is 48.0 Å². The van der Waals surface area contributed by atoms with Crippen LogP contribution in [-0.2, 0) is 12.8 Å². The van der Waals surface area contributed by atoms with E-state index in [0.29, 0.717) is 6.04 Å². The Balaban J connectivity index is 1.94. The number of nitrogens with one attached hydrogen (secondary N) is 1. The second-order valence-corrected chi connectivity index (χ2v) is 6.22. The van der Waals surface area contributed by atoms with Gasteiger partial charge in [0.05, 0.1) is 6.04 Å². The lowest BCUT2D eigenvalue weighted by Crippen LogP contribution is -2.21. The summed E-state index contributed by atoms with van der Waals surface area (Å²) in [6, 6.07) is 11.8. The number of aryl methyl sites for hydroxylation is 2. The third-order valence-corrected chi connectivity index (χ3v) is 4.88. The van der Waals surface area contributed by atoms with Crippen molar-refractivity contribution in [1.29, 1.82) is 0 Å². The van der Waals surface area contributed by atoms with Crippen LogP contribution in [0.2, 0.25) is 0 Å². The maximum atomic E-state index is 3.62. The number of benzene rings is 1. The molecule has 0 amide bonds. The fourth-order valence-electron chi connectivity index (χ4n) is 2.98. The van der Waals surface area contributed by atoms with Gasteiger partial charge in [-0.25, -0.2) is 0 Å². The van der Waals surface area contributed by atoms with Crippen molar-refractivity contribution in [3.05, 3.63) is 57.3 Å². The first-order valence-corrected chi connectivity index (χ1v) is 8.15. The predicted molar refractivity (Wildman–Crippen MR) is 82.9 cm³/mol. The van der Waals surface area contributed by atoms with Gasteiger partial charge in [-0.3, -0.25) is 0 Å². The highest BCUT2D eigenvalue weighted by molar-refractivity contribution is 7.10. The first kappa shape index (κ1) is 12.9. The van der Waals surface area contributed by atoms with Crippen molar-refractivity contribution < 1.29 is 0 Å². The number of hydrogen-bond acceptors (Lipinski definition) is 2. The molecule has 0 spiro atoms. The third kappa shape index (κ3) is 2.75. The van der Waals surface area contributed by atoms with Crippen molar-refractivity contribution in [2.24, 2.45) is 0 Å². The zero-order valence-electron chi connectivity index (χ0n) is 11.5. The molecule has 2 aromatic rings. The molecule has 0 aliphatic heterocycles. The molecule has 1 nitrogen and oxygen atoms in total. The molecule has 100 valence electrons. The standard InChI is InChI=1S/C17H21NS/c1-2-18-17(16-8-5-11-19-16)15-10-9-13-6-3-4-7-14(13)12-15/h5,8-12,17-18H,2-4,6-7H2,1H3. The van der Waals surface area contributed by atoms with E-state index in [0.717, 1.165) is 6.54 Å². The van der Waals surface area contributed by atoms with Gasteiger partial charge in [0.15, 0.2) is 0 Å². The summed E-state index contributed by atoms with van der Waals surface area (Å²) in [5.74, 6) is 0. The monoisotopic (exact) mass is 271 g/mol. The van der Waals surface area contributed by atoms with E-state index in [9.17, 15) is 0 Å². The van der Waals surface area contributed by atoms with Gasteiger partial charge in [0.1, 0.15) is 0 Å². The maximum absolute atomic E-state index is 3.62. The van der Waals surface area contributed by atoms with Gasteiger partial charge < -0.3 is 5.32 Å². The van der Waals surface area contributed by atoms with Crippen molar-refractivity contribution >= 4 is 11.3 Å². The van der Waals surface area contributed by atoms with Gasteiger partial charge in [-0.1, -0.05) is 31.2 Å². The molecule has 0 saturated carbocycles. The molecule has 0 saturated heterocycles. The molecule has 3 rings (SSSR count). The summed E-state index contributed by atoms with van der Waals surface area (Å²) in [5.41, 5.74) is 4.56. The van der Waals surface area contributed by atoms with Crippen molar-refractivity contribution in [1.82, 2.24) is 5.32 Å². The van der Waals surface area contributed by atoms with Gasteiger partial charge in [0, 0.05) is 4.88 Å². The fourth-order valence-corrected chi connectivity index (χ4v) is 3.80. The molecule has 19 heavy (non-hydrogen) atoms. The van der Waals surface area contributed by atoms with Crippen LogP contribution in [0.3, 0.4) is 0 Å². The van der Waals surface area contributed by atoms with Crippen molar-refractivity contribution in [2.75, 3.05) is 6.54 Å². The minimum absolute atomic E-state index is 0.359. The van der Waals surface area contributed by atoms with E-state index >= 15 is 0 Å². The zero-order chi connectivity index (χ0) is 13.1. The predicted octanol–water partition coefficient (Wildman–Crippen LogP) is 4.33. The van der Waals surface area contributed by atoms with E-state index in [-0.39, 0.29) is 0 Å². The summed E-state index contributed by atoms with van der Waals surface area (Å²) in [6.07, 6.45) is 5.22. The van der Waals surface area contributed by atoms with Gasteiger partial charge in [0.2, 0.25) is 0 Å². The Bertz CT molecular complexity index is 530. The molecule has 0 radical (unpaired) electrons. The molecule has 0 bridgehead atoms. The van der Waals surface area contributed by atoms with Crippen molar-refractivity contribution in [3.63, 3.8) is 0 Å². The molecule has 1 aromatic heterocycles. The summed E-state index contributed by atoms with van der Waals surface area (Å²) in [5, 5.41) is 5.78. The van der Waals surface area contributed by atoms with Crippen LogP contribution in [0, 0.1) is 0 Å². The number of fused-ring (bicyclic) bond motifs is 1. The molecule has 2 heteroatoms. The second kappa shape index (κ2) is 5.89. The van der Waals surface area contributed by atoms with Gasteiger partial charge in [-0.15, -0.1) is 11.3 Å². The van der Waals surface area contributed by atoms with Crippen LogP contribution in [0.25, 0.3) is 0 Å². The van der Waals surface area contributed by atoms with Crippen LogP contribution >= 0.6 is 11.3 Å². The van der Waals surface area contributed by atoms with Crippen LogP contribution in [0.5, 0.6) is 0 Å².